The maximum Gasteiger partial charge on any atom is 0.263 e. The summed E-state index contributed by atoms with van der Waals surface area (Å²) in [5, 5.41) is 3.69. The molecule has 0 aromatic carbocycles. The van der Waals surface area contributed by atoms with Gasteiger partial charge in [0.25, 0.3) is 5.91 Å². The smallest absolute Gasteiger partial charge is 0.263 e. The number of nitrogens with one attached hydrogen (secondary N) is 1. The highest BCUT2D eigenvalue weighted by molar-refractivity contribution is 7.21. The lowest BCUT2D eigenvalue weighted by Crippen LogP contribution is -2.39. The highest BCUT2D eigenvalue weighted by Crippen LogP contribution is 2.33. The molecule has 11 heteroatoms. The van der Waals surface area contributed by atoms with Crippen molar-refractivity contribution in [2.24, 2.45) is 5.73 Å². The summed E-state index contributed by atoms with van der Waals surface area (Å²) < 4.78 is 20.5. The minimum absolute atomic E-state index is 0.0956. The van der Waals surface area contributed by atoms with Crippen LogP contribution in [0, 0.1) is 12.7 Å². The van der Waals surface area contributed by atoms with Crippen LogP contribution in [0.25, 0.3) is 10.2 Å². The predicted octanol–water partition coefficient (Wildman–Crippen LogP) is 1.57. The van der Waals surface area contributed by atoms with Gasteiger partial charge < -0.3 is 26.4 Å². The van der Waals surface area contributed by atoms with E-state index >= 15 is 4.39 Å². The van der Waals surface area contributed by atoms with E-state index in [0.717, 1.165) is 5.69 Å². The number of amides is 1. The van der Waals surface area contributed by atoms with Crippen molar-refractivity contribution in [1.82, 2.24) is 20.3 Å². The molecule has 0 bridgehead atoms. The monoisotopic (exact) mass is 471 g/mol. The van der Waals surface area contributed by atoms with E-state index in [1.54, 1.807) is 20.2 Å². The second-order valence-corrected chi connectivity index (χ2v) is 9.62. The minimum Gasteiger partial charge on any atom is -0.397 e. The Morgan fingerprint density at radius 2 is 2.18 bits per heavy atom. The van der Waals surface area contributed by atoms with Gasteiger partial charge in [0.05, 0.1) is 23.2 Å². The molecule has 33 heavy (non-hydrogen) atoms. The van der Waals surface area contributed by atoms with E-state index in [0.29, 0.717) is 70.3 Å². The number of pyridine rings is 1. The second kappa shape index (κ2) is 8.47. The molecule has 5 rings (SSSR count). The molecule has 1 aliphatic carbocycles. The Morgan fingerprint density at radius 1 is 1.36 bits per heavy atom. The summed E-state index contributed by atoms with van der Waals surface area (Å²) in [7, 11) is 1.63. The molecule has 0 radical (unpaired) electrons. The Labute approximate surface area is 194 Å². The molecule has 9 nitrogen and oxygen atoms in total. The molecule has 1 saturated heterocycles. The predicted molar refractivity (Wildman–Crippen MR) is 125 cm³/mol. The van der Waals surface area contributed by atoms with Crippen molar-refractivity contribution in [3.05, 3.63) is 40.0 Å². The van der Waals surface area contributed by atoms with E-state index in [-0.39, 0.29) is 29.9 Å². The van der Waals surface area contributed by atoms with Crippen LogP contribution in [-0.4, -0.2) is 59.2 Å². The molecule has 4 heterocycles. The van der Waals surface area contributed by atoms with Crippen molar-refractivity contribution in [2.75, 3.05) is 30.8 Å². The molecular weight excluding hydrogens is 445 g/mol. The normalized spacial score (nSPS) is 22.5. The van der Waals surface area contributed by atoms with E-state index < -0.39 is 0 Å². The van der Waals surface area contributed by atoms with Gasteiger partial charge in [0.2, 0.25) is 0 Å². The SMILES string of the molecule is COC1CN(c2cc(F)c3c(n2)CCC(NC(=O)c2sc4nc(C)ncc4c2N)C3)CC1N. The summed E-state index contributed by atoms with van der Waals surface area (Å²) in [6, 6.07) is 1.12. The second-order valence-electron chi connectivity index (χ2n) is 8.62. The topological polar surface area (TPSA) is 132 Å². The molecule has 1 aliphatic heterocycles. The van der Waals surface area contributed by atoms with Gasteiger partial charge in [-0.25, -0.2) is 19.3 Å². The van der Waals surface area contributed by atoms with E-state index in [2.05, 4.69) is 15.3 Å². The number of carbonyl (C=O) groups is 1. The number of fused-ring (bicyclic) bond motifs is 2. The van der Waals surface area contributed by atoms with E-state index in [4.69, 9.17) is 21.2 Å². The number of aryl methyl sites for hydroxylation is 2. The molecule has 3 atom stereocenters. The number of carbonyl (C=O) groups excluding carboxylic acids is 1. The molecule has 3 aromatic heterocycles. The van der Waals surface area contributed by atoms with Gasteiger partial charge in [-0.3, -0.25) is 4.79 Å². The summed E-state index contributed by atoms with van der Waals surface area (Å²) in [5.74, 6) is 0.618. The zero-order chi connectivity index (χ0) is 23.3. The molecule has 0 spiro atoms. The van der Waals surface area contributed by atoms with Crippen LogP contribution < -0.4 is 21.7 Å². The number of rotatable bonds is 4. The highest BCUT2D eigenvalue weighted by atomic mass is 32.1. The van der Waals surface area contributed by atoms with Crippen LogP contribution >= 0.6 is 11.3 Å². The van der Waals surface area contributed by atoms with Crippen molar-refractivity contribution >= 4 is 39.0 Å². The zero-order valence-corrected chi connectivity index (χ0v) is 19.3. The van der Waals surface area contributed by atoms with Crippen molar-refractivity contribution in [3.8, 4) is 0 Å². The van der Waals surface area contributed by atoms with Crippen LogP contribution in [-0.2, 0) is 17.6 Å². The molecule has 1 fully saturated rings. The Morgan fingerprint density at radius 3 is 2.94 bits per heavy atom. The quantitative estimate of drug-likeness (QED) is 0.522. The average molecular weight is 472 g/mol. The summed E-state index contributed by atoms with van der Waals surface area (Å²) >= 11 is 1.24. The number of thiophene rings is 1. The first kappa shape index (κ1) is 21.9. The number of hydrogen-bond donors (Lipinski definition) is 3. The summed E-state index contributed by atoms with van der Waals surface area (Å²) in [6.07, 6.45) is 3.16. The number of nitrogens with two attached hydrogens (primary N) is 2. The number of aromatic nitrogens is 3. The number of ether oxygens (including phenoxy) is 1. The minimum atomic E-state index is -0.310. The first-order valence-electron chi connectivity index (χ1n) is 10.9. The van der Waals surface area contributed by atoms with Crippen LogP contribution in [0.4, 0.5) is 15.9 Å². The molecule has 1 amide bonds. The number of halogens is 1. The van der Waals surface area contributed by atoms with Gasteiger partial charge in [0.15, 0.2) is 0 Å². The van der Waals surface area contributed by atoms with Crippen molar-refractivity contribution in [1.29, 1.82) is 0 Å². The molecule has 3 aromatic rings. The van der Waals surface area contributed by atoms with Crippen LogP contribution in [0.2, 0.25) is 0 Å². The third-order valence-electron chi connectivity index (χ3n) is 6.41. The number of hydrogen-bond acceptors (Lipinski definition) is 9. The fourth-order valence-corrected chi connectivity index (χ4v) is 5.60. The maximum atomic E-state index is 15.1. The summed E-state index contributed by atoms with van der Waals surface area (Å²) in [5.41, 5.74) is 13.9. The Kier molecular flexibility index (Phi) is 5.63. The van der Waals surface area contributed by atoms with Crippen LogP contribution in [0.5, 0.6) is 0 Å². The number of methoxy groups -OCH3 is 1. The van der Waals surface area contributed by atoms with Gasteiger partial charge >= 0.3 is 0 Å². The van der Waals surface area contributed by atoms with Crippen molar-refractivity contribution in [2.45, 2.75) is 44.4 Å². The van der Waals surface area contributed by atoms with E-state index in [1.165, 1.54) is 17.4 Å². The number of anilines is 2. The molecule has 3 unspecified atom stereocenters. The van der Waals surface area contributed by atoms with E-state index in [9.17, 15) is 4.79 Å². The van der Waals surface area contributed by atoms with Crippen LogP contribution in [0.3, 0.4) is 0 Å². The van der Waals surface area contributed by atoms with Crippen LogP contribution in [0.15, 0.2) is 12.3 Å². The van der Waals surface area contributed by atoms with Gasteiger partial charge in [-0.2, -0.15) is 0 Å². The number of nitrogens with zero attached hydrogens (tertiary/aromatic N) is 4. The van der Waals surface area contributed by atoms with Crippen molar-refractivity contribution < 1.29 is 13.9 Å². The Hall–Kier alpha value is -2.89. The third kappa shape index (κ3) is 4.00. The largest absolute Gasteiger partial charge is 0.397 e. The zero-order valence-electron chi connectivity index (χ0n) is 18.5. The fraction of sp³-hybridized carbons (Fsp3) is 0.455. The van der Waals surface area contributed by atoms with Gasteiger partial charge in [0.1, 0.15) is 27.2 Å². The first-order valence-corrected chi connectivity index (χ1v) is 11.7. The lowest BCUT2D eigenvalue weighted by atomic mass is 9.91. The first-order chi connectivity index (χ1) is 15.8. The molecule has 174 valence electrons. The molecular formula is C22H26FN7O2S. The third-order valence-corrected chi connectivity index (χ3v) is 7.52. The standard InChI is InChI=1S/C22H26FN7O2S/c1-10-26-7-13-19(25)20(33-22(13)27-10)21(31)28-11-3-4-16-12(5-11)14(23)6-18(29-16)30-8-15(24)17(9-30)32-2/h6-7,11,15,17H,3-5,8-9,24-25H2,1-2H3,(H,28,31). The molecule has 5 N–H and O–H groups in total. The van der Waals surface area contributed by atoms with Crippen LogP contribution in [0.1, 0.15) is 33.2 Å². The lowest BCUT2D eigenvalue weighted by Gasteiger charge is -2.27. The summed E-state index contributed by atoms with van der Waals surface area (Å²) in [6.45, 7) is 2.95. The average Bonchev–Trinajstić information content (AvgIpc) is 3.33. The Bertz CT molecular complexity index is 1230. The molecule has 0 saturated carbocycles. The number of nitrogen functional groups attached to an aromatic ring is 1. The van der Waals surface area contributed by atoms with Gasteiger partial charge in [-0.15, -0.1) is 11.3 Å². The highest BCUT2D eigenvalue weighted by Gasteiger charge is 2.33. The molecule has 2 aliphatic rings. The maximum absolute atomic E-state index is 15.1. The van der Waals surface area contributed by atoms with Crippen molar-refractivity contribution in [3.63, 3.8) is 0 Å². The van der Waals surface area contributed by atoms with E-state index in [1.807, 2.05) is 4.90 Å². The fourth-order valence-electron chi connectivity index (χ4n) is 4.58. The van der Waals surface area contributed by atoms with Gasteiger partial charge in [-0.1, -0.05) is 0 Å². The van der Waals surface area contributed by atoms with Gasteiger partial charge in [-0.05, 0) is 26.2 Å². The van der Waals surface area contributed by atoms with Gasteiger partial charge in [0, 0.05) is 49.8 Å². The lowest BCUT2D eigenvalue weighted by molar-refractivity contribution is 0.0938. The summed E-state index contributed by atoms with van der Waals surface area (Å²) in [4.78, 5) is 29.2. The Balaban J connectivity index is 1.31.